The first-order chi connectivity index (χ1) is 9.33. The molecule has 0 aliphatic heterocycles. The SMILES string of the molecule is Cc1ccc(Cl)cc1Nc1ccc(NS(C)(=O)=O)nc1. The molecule has 0 spiro atoms. The molecule has 2 rings (SSSR count). The summed E-state index contributed by atoms with van der Waals surface area (Å²) in [5.41, 5.74) is 2.67. The number of hydrogen-bond acceptors (Lipinski definition) is 4. The maximum Gasteiger partial charge on any atom is 0.230 e. The Morgan fingerprint density at radius 2 is 1.95 bits per heavy atom. The highest BCUT2D eigenvalue weighted by molar-refractivity contribution is 7.92. The van der Waals surface area contributed by atoms with Crippen LogP contribution in [0.2, 0.25) is 5.02 Å². The highest BCUT2D eigenvalue weighted by atomic mass is 35.5. The molecule has 0 radical (unpaired) electrons. The van der Waals surface area contributed by atoms with Crippen LogP contribution in [-0.4, -0.2) is 19.7 Å². The summed E-state index contributed by atoms with van der Waals surface area (Å²) in [5.74, 6) is 0.279. The standard InChI is InChI=1S/C13H14ClN3O2S/c1-9-3-4-10(14)7-12(9)16-11-5-6-13(15-8-11)17-20(2,18)19/h3-8,16H,1-2H3,(H,15,17). The summed E-state index contributed by atoms with van der Waals surface area (Å²) < 4.78 is 24.5. The van der Waals surface area contributed by atoms with Crippen LogP contribution in [0.3, 0.4) is 0 Å². The van der Waals surface area contributed by atoms with Gasteiger partial charge in [-0.3, -0.25) is 4.72 Å². The molecule has 0 saturated heterocycles. The molecule has 0 bridgehead atoms. The summed E-state index contributed by atoms with van der Waals surface area (Å²) >= 11 is 5.95. The van der Waals surface area contributed by atoms with E-state index in [1.165, 1.54) is 0 Å². The van der Waals surface area contributed by atoms with Gasteiger partial charge in [-0.1, -0.05) is 17.7 Å². The topological polar surface area (TPSA) is 71.1 Å². The number of nitrogens with zero attached hydrogens (tertiary/aromatic N) is 1. The van der Waals surface area contributed by atoms with Crippen molar-refractivity contribution in [3.63, 3.8) is 0 Å². The number of anilines is 3. The molecule has 2 aromatic rings. The fourth-order valence-corrected chi connectivity index (χ4v) is 2.28. The monoisotopic (exact) mass is 311 g/mol. The number of aromatic nitrogens is 1. The van der Waals surface area contributed by atoms with Gasteiger partial charge in [0.2, 0.25) is 10.0 Å². The van der Waals surface area contributed by atoms with Gasteiger partial charge in [-0.15, -0.1) is 0 Å². The Morgan fingerprint density at radius 3 is 2.55 bits per heavy atom. The van der Waals surface area contributed by atoms with Crippen LogP contribution < -0.4 is 10.0 Å². The first-order valence-corrected chi connectivity index (χ1v) is 8.07. The van der Waals surface area contributed by atoms with E-state index in [1.807, 2.05) is 25.1 Å². The molecule has 0 saturated carbocycles. The van der Waals surface area contributed by atoms with E-state index in [0.29, 0.717) is 5.02 Å². The van der Waals surface area contributed by atoms with E-state index in [1.54, 1.807) is 18.3 Å². The smallest absolute Gasteiger partial charge is 0.230 e. The maximum atomic E-state index is 11.1. The van der Waals surface area contributed by atoms with Crippen molar-refractivity contribution in [3.05, 3.63) is 47.1 Å². The van der Waals surface area contributed by atoms with Crippen LogP contribution in [0.4, 0.5) is 17.2 Å². The second-order valence-corrected chi connectivity index (χ2v) is 6.58. The number of halogens is 1. The van der Waals surface area contributed by atoms with Gasteiger partial charge in [0.05, 0.1) is 18.1 Å². The lowest BCUT2D eigenvalue weighted by molar-refractivity contribution is 0.606. The van der Waals surface area contributed by atoms with Gasteiger partial charge in [0.1, 0.15) is 5.82 Å². The molecule has 20 heavy (non-hydrogen) atoms. The Morgan fingerprint density at radius 1 is 1.20 bits per heavy atom. The number of aryl methyl sites for hydroxylation is 1. The minimum absolute atomic E-state index is 0.279. The van der Waals surface area contributed by atoms with Crippen molar-refractivity contribution in [2.24, 2.45) is 0 Å². The van der Waals surface area contributed by atoms with E-state index in [4.69, 9.17) is 11.6 Å². The lowest BCUT2D eigenvalue weighted by atomic mass is 10.2. The molecule has 0 amide bonds. The molecule has 7 heteroatoms. The van der Waals surface area contributed by atoms with E-state index in [0.717, 1.165) is 23.2 Å². The van der Waals surface area contributed by atoms with Gasteiger partial charge in [-0.25, -0.2) is 13.4 Å². The van der Waals surface area contributed by atoms with Crippen LogP contribution >= 0.6 is 11.6 Å². The quantitative estimate of drug-likeness (QED) is 0.910. The number of hydrogen-bond donors (Lipinski definition) is 2. The normalized spacial score (nSPS) is 11.2. The van der Waals surface area contributed by atoms with Crippen LogP contribution in [-0.2, 0) is 10.0 Å². The summed E-state index contributed by atoms with van der Waals surface area (Å²) in [6.45, 7) is 1.96. The highest BCUT2D eigenvalue weighted by Gasteiger charge is 2.04. The molecule has 0 aliphatic rings. The van der Waals surface area contributed by atoms with Gasteiger partial charge < -0.3 is 5.32 Å². The van der Waals surface area contributed by atoms with Crippen LogP contribution in [0.15, 0.2) is 36.5 Å². The third-order valence-corrected chi connectivity index (χ3v) is 3.35. The molecular weight excluding hydrogens is 298 g/mol. The first-order valence-electron chi connectivity index (χ1n) is 5.80. The van der Waals surface area contributed by atoms with Crippen molar-refractivity contribution in [1.82, 2.24) is 4.98 Å². The largest absolute Gasteiger partial charge is 0.354 e. The predicted molar refractivity (Wildman–Crippen MR) is 82.2 cm³/mol. The van der Waals surface area contributed by atoms with Gasteiger partial charge >= 0.3 is 0 Å². The van der Waals surface area contributed by atoms with Crippen LogP contribution in [0, 0.1) is 6.92 Å². The summed E-state index contributed by atoms with van der Waals surface area (Å²) in [7, 11) is -3.31. The number of sulfonamides is 1. The summed E-state index contributed by atoms with van der Waals surface area (Å²) in [5, 5.41) is 3.82. The van der Waals surface area contributed by atoms with E-state index in [9.17, 15) is 8.42 Å². The number of benzene rings is 1. The molecule has 1 heterocycles. The average Bonchev–Trinajstić information content (AvgIpc) is 2.34. The molecule has 1 aromatic heterocycles. The minimum atomic E-state index is -3.31. The lowest BCUT2D eigenvalue weighted by Crippen LogP contribution is -2.10. The van der Waals surface area contributed by atoms with Crippen LogP contribution in [0.5, 0.6) is 0 Å². The average molecular weight is 312 g/mol. The second kappa shape index (κ2) is 5.68. The molecule has 0 fully saturated rings. The van der Waals surface area contributed by atoms with E-state index in [-0.39, 0.29) is 5.82 Å². The van der Waals surface area contributed by atoms with Crippen molar-refractivity contribution in [2.75, 3.05) is 16.3 Å². The Labute approximate surface area is 123 Å². The van der Waals surface area contributed by atoms with Gasteiger partial charge in [-0.2, -0.15) is 0 Å². The molecule has 0 aliphatic carbocycles. The second-order valence-electron chi connectivity index (χ2n) is 4.39. The number of pyridine rings is 1. The van der Waals surface area contributed by atoms with Gasteiger partial charge in [0.25, 0.3) is 0 Å². The van der Waals surface area contributed by atoms with Crippen LogP contribution in [0.1, 0.15) is 5.56 Å². The number of nitrogens with one attached hydrogen (secondary N) is 2. The molecule has 0 unspecified atom stereocenters. The third kappa shape index (κ3) is 4.11. The van der Waals surface area contributed by atoms with Gasteiger partial charge in [0.15, 0.2) is 0 Å². The molecule has 106 valence electrons. The molecule has 0 atom stereocenters. The fraction of sp³-hybridized carbons (Fsp3) is 0.154. The van der Waals surface area contributed by atoms with Crippen molar-refractivity contribution >= 4 is 38.8 Å². The van der Waals surface area contributed by atoms with Gasteiger partial charge in [-0.05, 0) is 36.8 Å². The summed E-state index contributed by atoms with van der Waals surface area (Å²) in [6.07, 6.45) is 2.63. The van der Waals surface area contributed by atoms with Gasteiger partial charge in [0, 0.05) is 10.7 Å². The molecular formula is C13H14ClN3O2S. The minimum Gasteiger partial charge on any atom is -0.354 e. The van der Waals surface area contributed by atoms with Crippen molar-refractivity contribution in [2.45, 2.75) is 6.92 Å². The summed E-state index contributed by atoms with van der Waals surface area (Å²) in [4.78, 5) is 4.03. The molecule has 2 N–H and O–H groups in total. The fourth-order valence-electron chi connectivity index (χ4n) is 1.60. The summed E-state index contributed by atoms with van der Waals surface area (Å²) in [6, 6.07) is 8.88. The Bertz CT molecular complexity index is 715. The molecule has 1 aromatic carbocycles. The highest BCUT2D eigenvalue weighted by Crippen LogP contribution is 2.24. The van der Waals surface area contributed by atoms with E-state index < -0.39 is 10.0 Å². The third-order valence-electron chi connectivity index (χ3n) is 2.53. The predicted octanol–water partition coefficient (Wildman–Crippen LogP) is 3.16. The van der Waals surface area contributed by atoms with Crippen molar-refractivity contribution in [3.8, 4) is 0 Å². The zero-order valence-corrected chi connectivity index (χ0v) is 12.6. The molecule has 5 nitrogen and oxygen atoms in total. The Balaban J connectivity index is 2.17. The Hall–Kier alpha value is -1.79. The van der Waals surface area contributed by atoms with Crippen molar-refractivity contribution < 1.29 is 8.42 Å². The Kier molecular flexibility index (Phi) is 4.15. The first kappa shape index (κ1) is 14.6. The maximum absolute atomic E-state index is 11.1. The zero-order chi connectivity index (χ0) is 14.8. The lowest BCUT2D eigenvalue weighted by Gasteiger charge is -2.10. The van der Waals surface area contributed by atoms with E-state index >= 15 is 0 Å². The van der Waals surface area contributed by atoms with E-state index in [2.05, 4.69) is 15.0 Å². The number of rotatable bonds is 4. The zero-order valence-electron chi connectivity index (χ0n) is 11.0. The van der Waals surface area contributed by atoms with Crippen molar-refractivity contribution in [1.29, 1.82) is 0 Å². The van der Waals surface area contributed by atoms with Crippen LogP contribution in [0.25, 0.3) is 0 Å².